The zero-order valence-electron chi connectivity index (χ0n) is 6.77. The fourth-order valence-electron chi connectivity index (χ4n) is 1.20. The number of aliphatic hydroxyl groups is 1. The molecule has 1 aliphatic heterocycles. The molecule has 0 radical (unpaired) electrons. The summed E-state index contributed by atoms with van der Waals surface area (Å²) in [5.74, 6) is -1.26. The van der Waals surface area contributed by atoms with E-state index in [0.29, 0.717) is 12.0 Å². The molecule has 0 saturated carbocycles. The van der Waals surface area contributed by atoms with Crippen LogP contribution in [0.15, 0.2) is 33.9 Å². The summed E-state index contributed by atoms with van der Waals surface area (Å²) in [6.07, 6.45) is 1.96. The monoisotopic (exact) mass is 241 g/mol. The molecule has 1 aromatic rings. The first-order valence-corrected chi connectivity index (χ1v) is 4.68. The van der Waals surface area contributed by atoms with Crippen molar-refractivity contribution in [2.24, 2.45) is 5.16 Å². The topological polar surface area (TPSA) is 41.8 Å². The van der Waals surface area contributed by atoms with Crippen molar-refractivity contribution in [1.82, 2.24) is 0 Å². The predicted molar refractivity (Wildman–Crippen MR) is 52.2 cm³/mol. The maximum Gasteiger partial charge on any atom is 0.265 e. The zero-order valence-corrected chi connectivity index (χ0v) is 8.36. The number of halogens is 1. The molecule has 0 amide bonds. The lowest BCUT2D eigenvalue weighted by Gasteiger charge is -2.19. The molecular weight excluding hydrogens is 234 g/mol. The highest BCUT2D eigenvalue weighted by Crippen LogP contribution is 2.30. The van der Waals surface area contributed by atoms with Crippen LogP contribution in [0.25, 0.3) is 0 Å². The summed E-state index contributed by atoms with van der Waals surface area (Å²) in [6, 6.07) is 7.32. The number of hydrogen-bond donors (Lipinski definition) is 1. The van der Waals surface area contributed by atoms with Crippen LogP contribution in [0, 0.1) is 0 Å². The normalized spacial score (nSPS) is 26.0. The first-order chi connectivity index (χ1) is 6.21. The second-order valence-corrected chi connectivity index (χ2v) is 3.79. The SMILES string of the molecule is OC1(c2ccc(Br)cc2)CC=NO1. The fourth-order valence-corrected chi connectivity index (χ4v) is 1.47. The van der Waals surface area contributed by atoms with E-state index in [4.69, 9.17) is 4.84 Å². The van der Waals surface area contributed by atoms with Gasteiger partial charge in [-0.1, -0.05) is 33.2 Å². The van der Waals surface area contributed by atoms with E-state index < -0.39 is 5.79 Å². The molecule has 0 saturated heterocycles. The van der Waals surface area contributed by atoms with Crippen molar-refractivity contribution in [1.29, 1.82) is 0 Å². The Morgan fingerprint density at radius 2 is 2.08 bits per heavy atom. The molecule has 1 aliphatic rings. The molecule has 2 rings (SSSR count). The second-order valence-electron chi connectivity index (χ2n) is 2.87. The molecule has 68 valence electrons. The van der Waals surface area contributed by atoms with Crippen LogP contribution in [0.2, 0.25) is 0 Å². The van der Waals surface area contributed by atoms with Crippen LogP contribution in [0.3, 0.4) is 0 Å². The van der Waals surface area contributed by atoms with Gasteiger partial charge in [0.1, 0.15) is 0 Å². The van der Waals surface area contributed by atoms with Crippen LogP contribution >= 0.6 is 15.9 Å². The van der Waals surface area contributed by atoms with Crippen LogP contribution < -0.4 is 0 Å². The first kappa shape index (κ1) is 8.72. The molecule has 13 heavy (non-hydrogen) atoms. The second kappa shape index (κ2) is 3.12. The van der Waals surface area contributed by atoms with Gasteiger partial charge in [0.25, 0.3) is 5.79 Å². The van der Waals surface area contributed by atoms with Gasteiger partial charge in [0, 0.05) is 10.0 Å². The number of benzene rings is 1. The zero-order chi connectivity index (χ0) is 9.31. The highest BCUT2D eigenvalue weighted by atomic mass is 79.9. The minimum Gasteiger partial charge on any atom is -0.355 e. The van der Waals surface area contributed by atoms with Crippen molar-refractivity contribution in [3.8, 4) is 0 Å². The van der Waals surface area contributed by atoms with E-state index in [-0.39, 0.29) is 0 Å². The Kier molecular flexibility index (Phi) is 2.09. The van der Waals surface area contributed by atoms with E-state index in [1.165, 1.54) is 0 Å². The van der Waals surface area contributed by atoms with Crippen LogP contribution in [0.5, 0.6) is 0 Å². The molecule has 4 heteroatoms. The lowest BCUT2D eigenvalue weighted by atomic mass is 10.0. The molecule has 3 nitrogen and oxygen atoms in total. The number of rotatable bonds is 1. The summed E-state index contributed by atoms with van der Waals surface area (Å²) in [7, 11) is 0. The molecule has 1 aromatic carbocycles. The number of nitrogens with zero attached hydrogens (tertiary/aromatic N) is 1. The van der Waals surface area contributed by atoms with Gasteiger partial charge in [0.05, 0.1) is 12.6 Å². The predicted octanol–water partition coefficient (Wildman–Crippen LogP) is 2.00. The van der Waals surface area contributed by atoms with Crippen molar-refractivity contribution >= 4 is 22.1 Å². The van der Waals surface area contributed by atoms with E-state index in [2.05, 4.69) is 21.1 Å². The van der Waals surface area contributed by atoms with Crippen LogP contribution in [-0.4, -0.2) is 11.3 Å². The Labute approximate surface area is 84.1 Å². The molecule has 1 unspecified atom stereocenters. The molecule has 1 N–H and O–H groups in total. The summed E-state index contributed by atoms with van der Waals surface area (Å²) >= 11 is 3.32. The molecule has 0 fully saturated rings. The molecule has 0 aliphatic carbocycles. The molecule has 0 spiro atoms. The quantitative estimate of drug-likeness (QED) is 0.818. The first-order valence-electron chi connectivity index (χ1n) is 3.89. The standard InChI is InChI=1S/C9H8BrNO2/c10-8-3-1-7(2-4-8)9(12)5-6-11-13-9/h1-4,6,12H,5H2. The summed E-state index contributed by atoms with van der Waals surface area (Å²) in [6.45, 7) is 0. The maximum absolute atomic E-state index is 9.89. The van der Waals surface area contributed by atoms with Gasteiger partial charge in [-0.15, -0.1) is 0 Å². The Bertz CT molecular complexity index is 326. The Morgan fingerprint density at radius 1 is 1.38 bits per heavy atom. The van der Waals surface area contributed by atoms with Gasteiger partial charge in [0.2, 0.25) is 0 Å². The van der Waals surface area contributed by atoms with Crippen molar-refractivity contribution in [3.63, 3.8) is 0 Å². The maximum atomic E-state index is 9.89. The molecule has 0 bridgehead atoms. The average molecular weight is 242 g/mol. The Hall–Kier alpha value is -0.870. The van der Waals surface area contributed by atoms with Gasteiger partial charge >= 0.3 is 0 Å². The third-order valence-electron chi connectivity index (χ3n) is 1.94. The highest BCUT2D eigenvalue weighted by Gasteiger charge is 2.34. The minimum atomic E-state index is -1.26. The van der Waals surface area contributed by atoms with E-state index in [0.717, 1.165) is 4.47 Å². The summed E-state index contributed by atoms with van der Waals surface area (Å²) in [5, 5.41) is 13.4. The average Bonchev–Trinajstić information content (AvgIpc) is 2.54. The van der Waals surface area contributed by atoms with Gasteiger partial charge in [-0.2, -0.15) is 0 Å². The van der Waals surface area contributed by atoms with E-state index >= 15 is 0 Å². The largest absolute Gasteiger partial charge is 0.355 e. The third kappa shape index (κ3) is 1.59. The van der Waals surface area contributed by atoms with Gasteiger partial charge in [-0.25, -0.2) is 0 Å². The molecule has 1 heterocycles. The van der Waals surface area contributed by atoms with Gasteiger partial charge in [0.15, 0.2) is 0 Å². The van der Waals surface area contributed by atoms with E-state index in [9.17, 15) is 5.11 Å². The van der Waals surface area contributed by atoms with Crippen molar-refractivity contribution in [2.75, 3.05) is 0 Å². The lowest BCUT2D eigenvalue weighted by molar-refractivity contribution is -0.193. The Balaban J connectivity index is 2.30. The molecule has 0 aromatic heterocycles. The minimum absolute atomic E-state index is 0.397. The van der Waals surface area contributed by atoms with Gasteiger partial charge in [-0.05, 0) is 12.1 Å². The summed E-state index contributed by atoms with van der Waals surface area (Å²) in [5.41, 5.74) is 0.716. The van der Waals surface area contributed by atoms with Crippen molar-refractivity contribution < 1.29 is 9.94 Å². The molecule has 1 atom stereocenters. The van der Waals surface area contributed by atoms with Crippen molar-refractivity contribution in [3.05, 3.63) is 34.3 Å². The van der Waals surface area contributed by atoms with E-state index in [1.54, 1.807) is 18.3 Å². The number of hydrogen-bond acceptors (Lipinski definition) is 3. The van der Waals surface area contributed by atoms with Gasteiger partial charge in [-0.3, -0.25) is 0 Å². The smallest absolute Gasteiger partial charge is 0.265 e. The lowest BCUT2D eigenvalue weighted by Crippen LogP contribution is -2.23. The van der Waals surface area contributed by atoms with E-state index in [1.807, 2.05) is 12.1 Å². The van der Waals surface area contributed by atoms with Crippen LogP contribution in [-0.2, 0) is 10.6 Å². The third-order valence-corrected chi connectivity index (χ3v) is 2.47. The van der Waals surface area contributed by atoms with Crippen molar-refractivity contribution in [2.45, 2.75) is 12.2 Å². The van der Waals surface area contributed by atoms with Gasteiger partial charge < -0.3 is 9.94 Å². The summed E-state index contributed by atoms with van der Waals surface area (Å²) < 4.78 is 0.971. The number of oxime groups is 1. The fraction of sp³-hybridized carbons (Fsp3) is 0.222. The highest BCUT2D eigenvalue weighted by molar-refractivity contribution is 9.10. The van der Waals surface area contributed by atoms with Crippen LogP contribution in [0.4, 0.5) is 0 Å². The summed E-state index contributed by atoms with van der Waals surface area (Å²) in [4.78, 5) is 4.88. The molecular formula is C9H8BrNO2. The Morgan fingerprint density at radius 3 is 2.62 bits per heavy atom. The van der Waals surface area contributed by atoms with Crippen LogP contribution in [0.1, 0.15) is 12.0 Å².